The Morgan fingerprint density at radius 1 is 0.863 bits per heavy atom. The van der Waals surface area contributed by atoms with Crippen LogP contribution in [0.2, 0.25) is 0 Å². The van der Waals surface area contributed by atoms with Gasteiger partial charge in [0, 0.05) is 50.9 Å². The van der Waals surface area contributed by atoms with E-state index in [9.17, 15) is 24.5 Å². The van der Waals surface area contributed by atoms with Crippen molar-refractivity contribution in [1.29, 1.82) is 0 Å². The standard InChI is InChI=1S/C38H29N5O6S2/c1-24-7-9-26(10-8-24)34-20-17-30(49-34)21-32(40-36(45)27-5-3-2-4-6-27)37(46)39-28-13-18-31(19-14-28)50-23-35(44)42-38-41-33(22-51-38)25-11-15-29(16-12-25)43(47)48/h2-22H,23H2,1H3,(H,39,46)(H,40,45)(H,41,42,44)/b32-21-. The lowest BCUT2D eigenvalue weighted by atomic mass is 10.1. The van der Waals surface area contributed by atoms with Gasteiger partial charge < -0.3 is 20.4 Å². The van der Waals surface area contributed by atoms with E-state index in [0.717, 1.165) is 16.0 Å². The van der Waals surface area contributed by atoms with E-state index in [0.29, 0.717) is 39.2 Å². The van der Waals surface area contributed by atoms with Gasteiger partial charge in [0.2, 0.25) is 5.91 Å². The maximum atomic E-state index is 13.5. The van der Waals surface area contributed by atoms with Gasteiger partial charge in [0.15, 0.2) is 5.13 Å². The number of thiazole rings is 1. The van der Waals surface area contributed by atoms with Crippen LogP contribution in [0.3, 0.4) is 0 Å². The molecule has 51 heavy (non-hydrogen) atoms. The van der Waals surface area contributed by atoms with E-state index < -0.39 is 16.7 Å². The minimum Gasteiger partial charge on any atom is -0.457 e. The van der Waals surface area contributed by atoms with E-state index in [1.807, 2.05) is 31.2 Å². The highest BCUT2D eigenvalue weighted by molar-refractivity contribution is 8.00. The van der Waals surface area contributed by atoms with Crippen molar-refractivity contribution in [1.82, 2.24) is 10.3 Å². The molecule has 0 saturated heterocycles. The molecule has 0 aliphatic rings. The van der Waals surface area contributed by atoms with Crippen LogP contribution in [-0.4, -0.2) is 33.4 Å². The smallest absolute Gasteiger partial charge is 0.272 e. The monoisotopic (exact) mass is 715 g/mol. The number of benzene rings is 4. The summed E-state index contributed by atoms with van der Waals surface area (Å²) in [6.45, 7) is 2.00. The van der Waals surface area contributed by atoms with E-state index in [-0.39, 0.29) is 23.0 Å². The average Bonchev–Trinajstić information content (AvgIpc) is 3.82. The number of rotatable bonds is 12. The summed E-state index contributed by atoms with van der Waals surface area (Å²) in [5.41, 5.74) is 4.15. The van der Waals surface area contributed by atoms with Gasteiger partial charge in [-0.05, 0) is 67.6 Å². The Morgan fingerprint density at radius 3 is 2.27 bits per heavy atom. The molecular formula is C38H29N5O6S2. The number of thioether (sulfide) groups is 1. The van der Waals surface area contributed by atoms with E-state index in [1.165, 1.54) is 41.3 Å². The van der Waals surface area contributed by atoms with Crippen molar-refractivity contribution in [3.63, 3.8) is 0 Å². The third-order valence-corrected chi connectivity index (χ3v) is 9.15. The molecule has 0 fully saturated rings. The lowest BCUT2D eigenvalue weighted by Gasteiger charge is -2.11. The molecule has 0 aliphatic heterocycles. The number of non-ortho nitro benzene ring substituents is 1. The molecule has 3 N–H and O–H groups in total. The highest BCUT2D eigenvalue weighted by atomic mass is 32.2. The van der Waals surface area contributed by atoms with Crippen molar-refractivity contribution in [2.75, 3.05) is 16.4 Å². The Morgan fingerprint density at radius 2 is 1.57 bits per heavy atom. The Labute approximate surface area is 300 Å². The fourth-order valence-electron chi connectivity index (χ4n) is 4.74. The number of aromatic nitrogens is 1. The van der Waals surface area contributed by atoms with Crippen molar-refractivity contribution in [2.24, 2.45) is 0 Å². The number of nitro benzene ring substituents is 1. The van der Waals surface area contributed by atoms with E-state index in [2.05, 4.69) is 20.9 Å². The van der Waals surface area contributed by atoms with Crippen LogP contribution < -0.4 is 16.0 Å². The Balaban J connectivity index is 1.07. The molecule has 6 aromatic rings. The normalized spacial score (nSPS) is 11.1. The fourth-order valence-corrected chi connectivity index (χ4v) is 6.18. The lowest BCUT2D eigenvalue weighted by Crippen LogP contribution is -2.30. The summed E-state index contributed by atoms with van der Waals surface area (Å²) in [7, 11) is 0. The number of carbonyl (C=O) groups excluding carboxylic acids is 3. The van der Waals surface area contributed by atoms with E-state index in [4.69, 9.17) is 4.42 Å². The first-order valence-corrected chi connectivity index (χ1v) is 17.4. The summed E-state index contributed by atoms with van der Waals surface area (Å²) in [6.07, 6.45) is 1.48. The molecule has 2 aromatic heterocycles. The second kappa shape index (κ2) is 15.9. The van der Waals surface area contributed by atoms with Crippen molar-refractivity contribution in [2.45, 2.75) is 11.8 Å². The van der Waals surface area contributed by atoms with Gasteiger partial charge in [-0.2, -0.15) is 0 Å². The first kappa shape index (κ1) is 34.5. The molecule has 0 spiro atoms. The van der Waals surface area contributed by atoms with Crippen molar-refractivity contribution >= 4 is 63.4 Å². The van der Waals surface area contributed by atoms with Gasteiger partial charge in [0.1, 0.15) is 17.2 Å². The predicted octanol–water partition coefficient (Wildman–Crippen LogP) is 8.43. The molecule has 0 radical (unpaired) electrons. The number of nitrogens with zero attached hydrogens (tertiary/aromatic N) is 2. The second-order valence-corrected chi connectivity index (χ2v) is 13.0. The first-order chi connectivity index (χ1) is 24.7. The van der Waals surface area contributed by atoms with Crippen LogP contribution in [0.15, 0.2) is 136 Å². The van der Waals surface area contributed by atoms with Crippen LogP contribution in [-0.2, 0) is 9.59 Å². The molecule has 4 aromatic carbocycles. The molecule has 0 atom stereocenters. The number of nitrogens with one attached hydrogen (secondary N) is 3. The minimum atomic E-state index is -0.552. The molecule has 11 nitrogen and oxygen atoms in total. The molecule has 0 aliphatic carbocycles. The fraction of sp³-hybridized carbons (Fsp3) is 0.0526. The number of amides is 3. The minimum absolute atomic E-state index is 0.0114. The van der Waals surface area contributed by atoms with Crippen molar-refractivity contribution in [3.8, 4) is 22.6 Å². The van der Waals surface area contributed by atoms with Crippen molar-refractivity contribution < 1.29 is 23.7 Å². The molecule has 254 valence electrons. The third kappa shape index (κ3) is 9.23. The zero-order valence-electron chi connectivity index (χ0n) is 27.0. The van der Waals surface area contributed by atoms with Gasteiger partial charge in [-0.25, -0.2) is 4.98 Å². The number of aryl methyl sites for hydroxylation is 1. The van der Waals surface area contributed by atoms with Crippen LogP contribution in [0, 0.1) is 17.0 Å². The maximum absolute atomic E-state index is 13.5. The SMILES string of the molecule is Cc1ccc(-c2ccc(/C=C(\NC(=O)c3ccccc3)C(=O)Nc3ccc(SCC(=O)Nc4nc(-c5ccc([N+](=O)[O-])cc5)cs4)cc3)o2)cc1. The largest absolute Gasteiger partial charge is 0.457 e. The molecule has 13 heteroatoms. The summed E-state index contributed by atoms with van der Waals surface area (Å²) in [5.74, 6) is -0.138. The highest BCUT2D eigenvalue weighted by Gasteiger charge is 2.17. The quantitative estimate of drug-likeness (QED) is 0.0493. The van der Waals surface area contributed by atoms with Crippen molar-refractivity contribution in [3.05, 3.63) is 153 Å². The van der Waals surface area contributed by atoms with Crippen LogP contribution >= 0.6 is 23.1 Å². The summed E-state index contributed by atoms with van der Waals surface area (Å²) >= 11 is 2.56. The molecule has 3 amide bonds. The highest BCUT2D eigenvalue weighted by Crippen LogP contribution is 2.28. The Hall–Kier alpha value is -6.31. The number of anilines is 2. The molecule has 0 unspecified atom stereocenters. The molecule has 6 rings (SSSR count). The van der Waals surface area contributed by atoms with E-state index in [1.54, 1.807) is 84.2 Å². The van der Waals surface area contributed by atoms with Crippen LogP contribution in [0.5, 0.6) is 0 Å². The molecule has 2 heterocycles. The Kier molecular flexibility index (Phi) is 10.8. The van der Waals surface area contributed by atoms with E-state index >= 15 is 0 Å². The van der Waals surface area contributed by atoms with Gasteiger partial charge in [0.05, 0.1) is 16.4 Å². The summed E-state index contributed by atoms with van der Waals surface area (Å²) in [4.78, 5) is 54.8. The number of hydrogen-bond donors (Lipinski definition) is 3. The lowest BCUT2D eigenvalue weighted by molar-refractivity contribution is -0.384. The summed E-state index contributed by atoms with van der Waals surface area (Å²) in [5, 5.41) is 21.4. The molecular weight excluding hydrogens is 687 g/mol. The summed E-state index contributed by atoms with van der Waals surface area (Å²) < 4.78 is 5.99. The third-order valence-electron chi connectivity index (χ3n) is 7.38. The van der Waals surface area contributed by atoms with Gasteiger partial charge in [-0.3, -0.25) is 24.5 Å². The average molecular weight is 716 g/mol. The van der Waals surface area contributed by atoms with Gasteiger partial charge in [-0.15, -0.1) is 23.1 Å². The Bertz CT molecular complexity index is 2210. The van der Waals surface area contributed by atoms with Gasteiger partial charge in [0.25, 0.3) is 17.5 Å². The number of furan rings is 1. The number of nitro groups is 1. The number of hydrogen-bond acceptors (Lipinski definition) is 9. The van der Waals surface area contributed by atoms with Crippen LogP contribution in [0.25, 0.3) is 28.7 Å². The maximum Gasteiger partial charge on any atom is 0.272 e. The zero-order valence-corrected chi connectivity index (χ0v) is 28.6. The van der Waals surface area contributed by atoms with Gasteiger partial charge >= 0.3 is 0 Å². The zero-order chi connectivity index (χ0) is 35.7. The number of carbonyl (C=O) groups is 3. The molecule has 0 bridgehead atoms. The molecule has 0 saturated carbocycles. The second-order valence-electron chi connectivity index (χ2n) is 11.1. The van der Waals surface area contributed by atoms with Crippen LogP contribution in [0.1, 0.15) is 21.7 Å². The predicted molar refractivity (Wildman–Crippen MR) is 199 cm³/mol. The van der Waals surface area contributed by atoms with Crippen LogP contribution in [0.4, 0.5) is 16.5 Å². The topological polar surface area (TPSA) is 156 Å². The van der Waals surface area contributed by atoms with Gasteiger partial charge in [-0.1, -0.05) is 48.0 Å². The first-order valence-electron chi connectivity index (χ1n) is 15.5. The summed E-state index contributed by atoms with van der Waals surface area (Å²) in [6, 6.07) is 33.0.